The van der Waals surface area contributed by atoms with Crippen molar-refractivity contribution in [2.24, 2.45) is 11.8 Å². The number of hydrogen-bond donors (Lipinski definition) is 1. The van der Waals surface area contributed by atoms with Crippen molar-refractivity contribution in [3.63, 3.8) is 0 Å². The number of anilines is 1. The van der Waals surface area contributed by atoms with E-state index in [2.05, 4.69) is 65.9 Å². The Bertz CT molecular complexity index is 1880. The van der Waals surface area contributed by atoms with Gasteiger partial charge in [-0.15, -0.1) is 0 Å². The summed E-state index contributed by atoms with van der Waals surface area (Å²) >= 11 is 13.7. The van der Waals surface area contributed by atoms with Gasteiger partial charge in [0, 0.05) is 67.1 Å². The predicted molar refractivity (Wildman–Crippen MR) is 200 cm³/mol. The quantitative estimate of drug-likeness (QED) is 0.165. The molecule has 0 spiro atoms. The van der Waals surface area contributed by atoms with Crippen LogP contribution in [0.1, 0.15) is 51.0 Å². The molecule has 2 atom stereocenters. The van der Waals surface area contributed by atoms with Crippen molar-refractivity contribution in [2.45, 2.75) is 76.9 Å². The molecule has 0 aliphatic carbocycles. The molecule has 1 N–H and O–H groups in total. The average molecular weight is 742 g/mol. The number of halogens is 3. The lowest BCUT2D eigenvalue weighted by Crippen LogP contribution is -2.52. The van der Waals surface area contributed by atoms with Crippen LogP contribution < -0.4 is 4.90 Å². The molecule has 50 heavy (non-hydrogen) atoms. The minimum absolute atomic E-state index is 0.118. The molecule has 2 aromatic carbocycles. The summed E-state index contributed by atoms with van der Waals surface area (Å²) in [7, 11) is -1.69. The Kier molecular flexibility index (Phi) is 9.60. The van der Waals surface area contributed by atoms with Gasteiger partial charge in [-0.25, -0.2) is 14.2 Å². The van der Waals surface area contributed by atoms with Gasteiger partial charge in [0.15, 0.2) is 14.4 Å². The van der Waals surface area contributed by atoms with E-state index in [1.54, 1.807) is 16.8 Å². The van der Waals surface area contributed by atoms with Crippen LogP contribution in [0.5, 0.6) is 0 Å². The summed E-state index contributed by atoms with van der Waals surface area (Å²) in [5.74, 6) is 0.189. The van der Waals surface area contributed by atoms with Gasteiger partial charge in [-0.3, -0.25) is 4.68 Å². The van der Waals surface area contributed by atoms with Gasteiger partial charge in [0.1, 0.15) is 11.7 Å². The van der Waals surface area contributed by atoms with Crippen LogP contribution in [0.25, 0.3) is 22.0 Å². The zero-order valence-electron chi connectivity index (χ0n) is 29.5. The third-order valence-electron chi connectivity index (χ3n) is 11.5. The largest absolute Gasteiger partial charge is 0.479 e. The summed E-state index contributed by atoms with van der Waals surface area (Å²) in [5.41, 5.74) is 4.03. The molecule has 0 saturated carbocycles. The molecule has 3 aliphatic rings. The van der Waals surface area contributed by atoms with Crippen LogP contribution in [0.4, 0.5) is 10.1 Å². The minimum Gasteiger partial charge on any atom is -0.479 e. The number of alkyl halides is 1. The van der Waals surface area contributed by atoms with Crippen LogP contribution in [0.3, 0.4) is 0 Å². The van der Waals surface area contributed by atoms with Gasteiger partial charge in [0.2, 0.25) is 0 Å². The number of hydrogen-bond acceptors (Lipinski definition) is 6. The van der Waals surface area contributed by atoms with Gasteiger partial charge in [-0.1, -0.05) is 56.1 Å². The maximum absolute atomic E-state index is 14.1. The molecule has 2 fully saturated rings. The Morgan fingerprint density at radius 3 is 2.46 bits per heavy atom. The highest BCUT2D eigenvalue weighted by Crippen LogP contribution is 2.41. The van der Waals surface area contributed by atoms with Crippen LogP contribution in [0.15, 0.2) is 42.9 Å². The standard InChI is InChI=1S/C37H47Cl2FN6O3Si/c1-37(2,3)50(4,5)49-21-23-10-12-43(13-11-23)16-24-17-44(18-24)27-8-6-25(7-9-27)28-15-30(38)29-20-46(42-33(29)32(28)39)35(36(47)48)34-31-14-26(40)19-45(31)22-41-34/h6-9,15,20,22-24,26,35H,10-14,16-19,21H2,1-5H3,(H,47,48)/t26-,35?/m1/s1. The van der Waals surface area contributed by atoms with Gasteiger partial charge in [0.25, 0.3) is 0 Å². The number of imidazole rings is 1. The number of piperidine rings is 1. The average Bonchev–Trinajstić information content (AvgIpc) is 3.75. The molecule has 4 aromatic rings. The molecule has 0 amide bonds. The minimum atomic E-state index is -1.69. The second kappa shape index (κ2) is 13.5. The maximum atomic E-state index is 14.1. The van der Waals surface area contributed by atoms with E-state index in [0.29, 0.717) is 38.5 Å². The van der Waals surface area contributed by atoms with Gasteiger partial charge in [-0.05, 0) is 73.7 Å². The molecule has 2 aromatic heterocycles. The highest BCUT2D eigenvalue weighted by Gasteiger charge is 2.38. The number of carboxylic acids is 1. The molecule has 0 radical (unpaired) electrons. The Balaban J connectivity index is 0.969. The number of aliphatic carboxylic acids is 1. The monoisotopic (exact) mass is 740 g/mol. The summed E-state index contributed by atoms with van der Waals surface area (Å²) in [6.45, 7) is 18.2. The lowest BCUT2D eigenvalue weighted by molar-refractivity contribution is -0.139. The van der Waals surface area contributed by atoms with Gasteiger partial charge < -0.3 is 23.9 Å². The summed E-state index contributed by atoms with van der Waals surface area (Å²) < 4.78 is 23.6. The molecule has 0 bridgehead atoms. The molecule has 9 nitrogen and oxygen atoms in total. The number of likely N-dealkylation sites (tertiary alicyclic amines) is 1. The van der Waals surface area contributed by atoms with E-state index in [-0.39, 0.29) is 23.7 Å². The van der Waals surface area contributed by atoms with Crippen molar-refractivity contribution >= 4 is 54.1 Å². The Morgan fingerprint density at radius 2 is 1.80 bits per heavy atom. The number of rotatable bonds is 10. The fourth-order valence-corrected chi connectivity index (χ4v) is 8.97. The molecular formula is C37H47Cl2FN6O3Si. The van der Waals surface area contributed by atoms with Gasteiger partial charge in [-0.2, -0.15) is 5.10 Å². The Labute approximate surface area is 304 Å². The first-order valence-electron chi connectivity index (χ1n) is 17.7. The third-order valence-corrected chi connectivity index (χ3v) is 16.7. The molecular weight excluding hydrogens is 694 g/mol. The maximum Gasteiger partial charge on any atom is 0.334 e. The number of benzene rings is 2. The fraction of sp³-hybridized carbons (Fsp3) is 0.541. The SMILES string of the molecule is CC(C)(C)[Si](C)(C)OCC1CCN(CC2CN(c3ccc(-c4cc(Cl)c5cn(C(C(=O)O)c6ncn7c6C[C@@H](F)C7)nc5c4Cl)cc3)C2)CC1. The second-order valence-electron chi connectivity index (χ2n) is 16.0. The van der Waals surface area contributed by atoms with Crippen LogP contribution >= 0.6 is 23.2 Å². The van der Waals surface area contributed by atoms with Crippen molar-refractivity contribution in [1.82, 2.24) is 24.2 Å². The van der Waals surface area contributed by atoms with Crippen LogP contribution in [-0.4, -0.2) is 89.1 Å². The molecule has 1 unspecified atom stereocenters. The fourth-order valence-electron chi connectivity index (χ4n) is 7.33. The molecule has 7 rings (SSSR count). The topological polar surface area (TPSA) is 88.6 Å². The number of carboxylic acid groups (broad SMARTS) is 1. The van der Waals surface area contributed by atoms with Gasteiger partial charge in [0.05, 0.1) is 28.6 Å². The summed E-state index contributed by atoms with van der Waals surface area (Å²) in [4.78, 5) is 21.8. The van der Waals surface area contributed by atoms with Crippen molar-refractivity contribution < 1.29 is 18.7 Å². The van der Waals surface area contributed by atoms with Crippen molar-refractivity contribution in [3.05, 3.63) is 64.3 Å². The second-order valence-corrected chi connectivity index (χ2v) is 21.6. The lowest BCUT2D eigenvalue weighted by Gasteiger charge is -2.44. The summed E-state index contributed by atoms with van der Waals surface area (Å²) in [6, 6.07) is 8.88. The van der Waals surface area contributed by atoms with Crippen LogP contribution in [0.2, 0.25) is 28.2 Å². The van der Waals surface area contributed by atoms with E-state index in [4.69, 9.17) is 27.6 Å². The van der Waals surface area contributed by atoms with E-state index in [1.165, 1.54) is 29.5 Å². The van der Waals surface area contributed by atoms with Crippen molar-refractivity contribution in [2.75, 3.05) is 44.2 Å². The molecule has 268 valence electrons. The molecule has 13 heteroatoms. The summed E-state index contributed by atoms with van der Waals surface area (Å²) in [6.07, 6.45) is 4.56. The van der Waals surface area contributed by atoms with E-state index in [0.717, 1.165) is 50.5 Å². The first kappa shape index (κ1) is 35.4. The Morgan fingerprint density at radius 1 is 1.10 bits per heavy atom. The smallest absolute Gasteiger partial charge is 0.334 e. The highest BCUT2D eigenvalue weighted by atomic mass is 35.5. The van der Waals surface area contributed by atoms with E-state index in [9.17, 15) is 14.3 Å². The Hall–Kier alpha value is -2.96. The first-order valence-corrected chi connectivity index (χ1v) is 21.3. The normalized spacial score (nSPS) is 20.0. The highest BCUT2D eigenvalue weighted by molar-refractivity contribution is 6.74. The molecule has 3 aliphatic heterocycles. The van der Waals surface area contributed by atoms with Crippen LogP contribution in [0, 0.1) is 11.8 Å². The zero-order chi connectivity index (χ0) is 35.5. The number of aromatic nitrogens is 4. The number of carbonyl (C=O) groups is 1. The number of nitrogens with zero attached hydrogens (tertiary/aromatic N) is 6. The predicted octanol–water partition coefficient (Wildman–Crippen LogP) is 7.94. The lowest BCUT2D eigenvalue weighted by atomic mass is 9.94. The molecule has 2 saturated heterocycles. The van der Waals surface area contributed by atoms with Crippen LogP contribution in [-0.2, 0) is 22.2 Å². The van der Waals surface area contributed by atoms with Crippen molar-refractivity contribution in [3.8, 4) is 11.1 Å². The van der Waals surface area contributed by atoms with E-state index < -0.39 is 26.5 Å². The van der Waals surface area contributed by atoms with E-state index in [1.807, 2.05) is 12.1 Å². The first-order chi connectivity index (χ1) is 23.7. The summed E-state index contributed by atoms with van der Waals surface area (Å²) in [5, 5.41) is 16.4. The van der Waals surface area contributed by atoms with Gasteiger partial charge >= 0.3 is 5.97 Å². The third kappa shape index (κ3) is 6.84. The number of fused-ring (bicyclic) bond motifs is 2. The van der Waals surface area contributed by atoms with E-state index >= 15 is 0 Å². The zero-order valence-corrected chi connectivity index (χ0v) is 32.0. The molecule has 5 heterocycles. The van der Waals surface area contributed by atoms with Crippen molar-refractivity contribution in [1.29, 1.82) is 0 Å².